The van der Waals surface area contributed by atoms with Crippen LogP contribution in [0.5, 0.6) is 0 Å². The van der Waals surface area contributed by atoms with Crippen LogP contribution in [0.3, 0.4) is 0 Å². The van der Waals surface area contributed by atoms with Gasteiger partial charge < -0.3 is 5.11 Å². The number of carbonyl (C=O) groups is 1. The highest BCUT2D eigenvalue weighted by atomic mass is 32.1. The van der Waals surface area contributed by atoms with Gasteiger partial charge >= 0.3 is 5.97 Å². The van der Waals surface area contributed by atoms with E-state index in [1.54, 1.807) is 0 Å². The maximum atomic E-state index is 10.4. The second-order valence-corrected chi connectivity index (χ2v) is 3.86. The summed E-state index contributed by atoms with van der Waals surface area (Å²) in [5.41, 5.74) is 1.08. The first kappa shape index (κ1) is 9.15. The Morgan fingerprint density at radius 1 is 1.50 bits per heavy atom. The molecule has 14 heavy (non-hydrogen) atoms. The van der Waals surface area contributed by atoms with E-state index in [0.717, 1.165) is 15.6 Å². The van der Waals surface area contributed by atoms with Crippen LogP contribution < -0.4 is 0 Å². The number of aryl methyl sites for hydroxylation is 1. The van der Waals surface area contributed by atoms with Crippen LogP contribution in [-0.2, 0) is 11.2 Å². The van der Waals surface area contributed by atoms with Gasteiger partial charge in [-0.05, 0) is 23.5 Å². The van der Waals surface area contributed by atoms with Gasteiger partial charge in [-0.2, -0.15) is 4.37 Å². The van der Waals surface area contributed by atoms with E-state index in [0.29, 0.717) is 6.42 Å². The van der Waals surface area contributed by atoms with Crippen LogP contribution in [0.25, 0.3) is 10.1 Å². The van der Waals surface area contributed by atoms with Crippen molar-refractivity contribution in [2.75, 3.05) is 0 Å². The maximum absolute atomic E-state index is 10.4. The Hall–Kier alpha value is -1.42. The molecule has 72 valence electrons. The number of carboxylic acid groups (broad SMARTS) is 1. The summed E-state index contributed by atoms with van der Waals surface area (Å²) in [6.07, 6.45) is 2.57. The minimum Gasteiger partial charge on any atom is -0.481 e. The van der Waals surface area contributed by atoms with Gasteiger partial charge in [0, 0.05) is 18.0 Å². The fourth-order valence-corrected chi connectivity index (χ4v) is 2.18. The third-order valence-corrected chi connectivity index (χ3v) is 2.96. The lowest BCUT2D eigenvalue weighted by molar-refractivity contribution is -0.136. The number of benzene rings is 1. The Labute approximate surface area is 85.2 Å². The zero-order valence-corrected chi connectivity index (χ0v) is 8.25. The minimum absolute atomic E-state index is 0.178. The fraction of sp³-hybridized carbons (Fsp3) is 0.200. The molecular weight excluding hydrogens is 198 g/mol. The van der Waals surface area contributed by atoms with E-state index in [4.69, 9.17) is 5.11 Å². The number of nitrogens with zero attached hydrogens (tertiary/aromatic N) is 1. The number of hydrogen-bond acceptors (Lipinski definition) is 3. The van der Waals surface area contributed by atoms with Gasteiger partial charge in [-0.1, -0.05) is 18.2 Å². The Morgan fingerprint density at radius 2 is 2.36 bits per heavy atom. The standard InChI is InChI=1S/C10H9NO2S/c12-9(13)5-4-7-2-1-3-8-6-11-14-10(7)8/h1-3,6H,4-5H2,(H,12,13). The number of aromatic nitrogens is 1. The molecule has 3 nitrogen and oxygen atoms in total. The summed E-state index contributed by atoms with van der Waals surface area (Å²) in [7, 11) is 0. The predicted molar refractivity (Wildman–Crippen MR) is 55.6 cm³/mol. The molecule has 0 radical (unpaired) electrons. The monoisotopic (exact) mass is 207 g/mol. The quantitative estimate of drug-likeness (QED) is 0.840. The van der Waals surface area contributed by atoms with Gasteiger partial charge in [0.2, 0.25) is 0 Å². The Morgan fingerprint density at radius 3 is 3.14 bits per heavy atom. The van der Waals surface area contributed by atoms with Crippen LogP contribution in [0, 0.1) is 0 Å². The highest BCUT2D eigenvalue weighted by molar-refractivity contribution is 7.13. The van der Waals surface area contributed by atoms with Crippen molar-refractivity contribution in [3.05, 3.63) is 30.0 Å². The van der Waals surface area contributed by atoms with E-state index in [1.165, 1.54) is 11.5 Å². The van der Waals surface area contributed by atoms with Gasteiger partial charge in [-0.15, -0.1) is 0 Å². The van der Waals surface area contributed by atoms with Crippen molar-refractivity contribution in [1.29, 1.82) is 0 Å². The van der Waals surface area contributed by atoms with Gasteiger partial charge in [0.25, 0.3) is 0 Å². The largest absolute Gasteiger partial charge is 0.481 e. The van der Waals surface area contributed by atoms with Crippen LogP contribution in [0.15, 0.2) is 24.4 Å². The van der Waals surface area contributed by atoms with Crippen LogP contribution in [-0.4, -0.2) is 15.4 Å². The van der Waals surface area contributed by atoms with E-state index in [9.17, 15) is 4.79 Å². The lowest BCUT2D eigenvalue weighted by Crippen LogP contribution is -1.97. The van der Waals surface area contributed by atoms with Gasteiger partial charge in [-0.3, -0.25) is 4.79 Å². The molecule has 1 N–H and O–H groups in total. The summed E-state index contributed by atoms with van der Waals surface area (Å²) in [6, 6.07) is 5.89. The van der Waals surface area contributed by atoms with Crippen molar-refractivity contribution in [2.24, 2.45) is 0 Å². The second-order valence-electron chi connectivity index (χ2n) is 3.06. The summed E-state index contributed by atoms with van der Waals surface area (Å²) in [5.74, 6) is -0.758. The van der Waals surface area contributed by atoms with Gasteiger partial charge in [0.15, 0.2) is 0 Å². The normalized spacial score (nSPS) is 10.6. The number of aliphatic carboxylic acids is 1. The molecule has 0 fully saturated rings. The molecule has 0 saturated heterocycles. The molecule has 4 heteroatoms. The third-order valence-electron chi connectivity index (χ3n) is 2.07. The maximum Gasteiger partial charge on any atom is 0.303 e. The molecule has 0 bridgehead atoms. The summed E-state index contributed by atoms with van der Waals surface area (Å²) in [5, 5.41) is 9.68. The number of carboxylic acids is 1. The van der Waals surface area contributed by atoms with Crippen LogP contribution in [0.1, 0.15) is 12.0 Å². The zero-order valence-electron chi connectivity index (χ0n) is 7.43. The van der Waals surface area contributed by atoms with Crippen molar-refractivity contribution < 1.29 is 9.90 Å². The van der Waals surface area contributed by atoms with E-state index in [1.807, 2.05) is 24.4 Å². The molecule has 1 aromatic heterocycles. The molecular formula is C10H9NO2S. The minimum atomic E-state index is -0.758. The van der Waals surface area contributed by atoms with Crippen molar-refractivity contribution in [3.8, 4) is 0 Å². The average Bonchev–Trinajstić information content (AvgIpc) is 2.62. The summed E-state index contributed by atoms with van der Waals surface area (Å²) in [6.45, 7) is 0. The molecule has 0 atom stereocenters. The van der Waals surface area contributed by atoms with Crippen LogP contribution in [0.4, 0.5) is 0 Å². The number of rotatable bonds is 3. The van der Waals surface area contributed by atoms with Gasteiger partial charge in [0.05, 0.1) is 4.70 Å². The van der Waals surface area contributed by atoms with E-state index < -0.39 is 5.97 Å². The summed E-state index contributed by atoms with van der Waals surface area (Å²) >= 11 is 1.42. The summed E-state index contributed by atoms with van der Waals surface area (Å²) in [4.78, 5) is 10.4. The molecule has 0 amide bonds. The Bertz CT molecular complexity index is 464. The predicted octanol–water partition coefficient (Wildman–Crippen LogP) is 2.31. The Kier molecular flexibility index (Phi) is 2.45. The molecule has 2 rings (SSSR count). The topological polar surface area (TPSA) is 50.2 Å². The SMILES string of the molecule is O=C(O)CCc1cccc2cnsc12. The smallest absolute Gasteiger partial charge is 0.303 e. The van der Waals surface area contributed by atoms with Crippen LogP contribution >= 0.6 is 11.5 Å². The van der Waals surface area contributed by atoms with E-state index >= 15 is 0 Å². The van der Waals surface area contributed by atoms with E-state index in [-0.39, 0.29) is 6.42 Å². The lowest BCUT2D eigenvalue weighted by atomic mass is 10.1. The highest BCUT2D eigenvalue weighted by Crippen LogP contribution is 2.23. The van der Waals surface area contributed by atoms with Crippen molar-refractivity contribution in [3.63, 3.8) is 0 Å². The van der Waals surface area contributed by atoms with Crippen molar-refractivity contribution >= 4 is 27.6 Å². The third kappa shape index (κ3) is 1.75. The van der Waals surface area contributed by atoms with E-state index in [2.05, 4.69) is 4.37 Å². The fourth-order valence-electron chi connectivity index (χ4n) is 1.39. The molecule has 0 unspecified atom stereocenters. The first-order valence-corrected chi connectivity index (χ1v) is 5.09. The number of hydrogen-bond donors (Lipinski definition) is 1. The first-order valence-electron chi connectivity index (χ1n) is 4.31. The molecule has 2 aromatic rings. The first-order chi connectivity index (χ1) is 6.77. The molecule has 1 aromatic carbocycles. The van der Waals surface area contributed by atoms with Gasteiger partial charge in [0.1, 0.15) is 0 Å². The second kappa shape index (κ2) is 3.75. The molecule has 0 aliphatic rings. The molecule has 1 heterocycles. The lowest BCUT2D eigenvalue weighted by Gasteiger charge is -1.99. The van der Waals surface area contributed by atoms with Crippen molar-refractivity contribution in [2.45, 2.75) is 12.8 Å². The molecule has 0 aliphatic carbocycles. The molecule has 0 spiro atoms. The summed E-state index contributed by atoms with van der Waals surface area (Å²) < 4.78 is 5.19. The van der Waals surface area contributed by atoms with Crippen LogP contribution in [0.2, 0.25) is 0 Å². The molecule has 0 saturated carbocycles. The molecule has 0 aliphatic heterocycles. The Balaban J connectivity index is 2.32. The number of fused-ring (bicyclic) bond motifs is 1. The van der Waals surface area contributed by atoms with Gasteiger partial charge in [-0.25, -0.2) is 0 Å². The highest BCUT2D eigenvalue weighted by Gasteiger charge is 2.04. The average molecular weight is 207 g/mol. The van der Waals surface area contributed by atoms with Crippen molar-refractivity contribution in [1.82, 2.24) is 4.37 Å². The zero-order chi connectivity index (χ0) is 9.97.